The second-order valence-corrected chi connectivity index (χ2v) is 6.86. The van der Waals surface area contributed by atoms with Crippen LogP contribution in [0.5, 0.6) is 11.5 Å². The third-order valence-electron chi connectivity index (χ3n) is 4.58. The van der Waals surface area contributed by atoms with Crippen molar-refractivity contribution in [2.75, 3.05) is 14.2 Å². The van der Waals surface area contributed by atoms with Crippen LogP contribution >= 0.6 is 11.6 Å². The summed E-state index contributed by atoms with van der Waals surface area (Å²) in [6, 6.07) is 15.4. The van der Waals surface area contributed by atoms with Crippen LogP contribution in [0.25, 0.3) is 16.9 Å². The van der Waals surface area contributed by atoms with Crippen LogP contribution in [0.15, 0.2) is 59.4 Å². The van der Waals surface area contributed by atoms with E-state index in [9.17, 15) is 9.59 Å². The first-order valence-corrected chi connectivity index (χ1v) is 9.36. The van der Waals surface area contributed by atoms with Gasteiger partial charge in [0.2, 0.25) is 0 Å². The fourth-order valence-corrected chi connectivity index (χ4v) is 3.17. The average Bonchev–Trinajstić information content (AvgIpc) is 3.08. The number of hydrogen-bond donors (Lipinski definition) is 0. The lowest BCUT2D eigenvalue weighted by molar-refractivity contribution is 0.0963. The van der Waals surface area contributed by atoms with Gasteiger partial charge in [-0.1, -0.05) is 23.7 Å². The Morgan fingerprint density at radius 3 is 2.47 bits per heavy atom. The monoisotopic (exact) mass is 424 g/mol. The molecule has 152 valence electrons. The van der Waals surface area contributed by atoms with Gasteiger partial charge in [0, 0.05) is 10.6 Å². The second-order valence-electron chi connectivity index (χ2n) is 6.43. The van der Waals surface area contributed by atoms with E-state index in [-0.39, 0.29) is 12.3 Å². The van der Waals surface area contributed by atoms with Gasteiger partial charge < -0.3 is 9.47 Å². The van der Waals surface area contributed by atoms with E-state index in [0.717, 1.165) is 10.2 Å². The molecular weight excluding hydrogens is 408 g/mol. The molecule has 0 aliphatic rings. The lowest BCUT2D eigenvalue weighted by atomic mass is 10.1. The topological polar surface area (TPSA) is 87.7 Å². The van der Waals surface area contributed by atoms with Crippen molar-refractivity contribution in [3.8, 4) is 22.8 Å². The number of rotatable bonds is 6. The fraction of sp³-hybridized carbons (Fsp3) is 0.143. The Bertz CT molecular complexity index is 1290. The Kier molecular flexibility index (Phi) is 5.24. The van der Waals surface area contributed by atoms with E-state index in [1.807, 2.05) is 12.1 Å². The maximum Gasteiger partial charge on any atom is 0.367 e. The molecule has 0 fully saturated rings. The first kappa shape index (κ1) is 19.7. The zero-order valence-electron chi connectivity index (χ0n) is 16.2. The molecule has 0 spiro atoms. The number of aromatic nitrogens is 4. The molecule has 30 heavy (non-hydrogen) atoms. The predicted molar refractivity (Wildman–Crippen MR) is 112 cm³/mol. The molecule has 0 N–H and O–H groups in total. The number of fused-ring (bicyclic) bond motifs is 1. The molecule has 0 amide bonds. The van der Waals surface area contributed by atoms with Gasteiger partial charge in [0.25, 0.3) is 0 Å². The number of carbonyl (C=O) groups is 1. The lowest BCUT2D eigenvalue weighted by Crippen LogP contribution is -2.26. The summed E-state index contributed by atoms with van der Waals surface area (Å²) in [5.41, 5.74) is 1.51. The summed E-state index contributed by atoms with van der Waals surface area (Å²) in [5.74, 6) is 0.561. The maximum absolute atomic E-state index is 12.8. The molecule has 0 saturated carbocycles. The first-order valence-electron chi connectivity index (χ1n) is 8.98. The van der Waals surface area contributed by atoms with E-state index in [1.54, 1.807) is 42.5 Å². The first-order chi connectivity index (χ1) is 14.5. The van der Waals surface area contributed by atoms with E-state index >= 15 is 0 Å². The highest BCUT2D eigenvalue weighted by atomic mass is 35.5. The van der Waals surface area contributed by atoms with Crippen molar-refractivity contribution >= 4 is 23.0 Å². The minimum Gasteiger partial charge on any atom is -0.497 e. The van der Waals surface area contributed by atoms with Crippen molar-refractivity contribution in [2.24, 2.45) is 0 Å². The quantitative estimate of drug-likeness (QED) is 0.442. The fourth-order valence-electron chi connectivity index (χ4n) is 3.04. The van der Waals surface area contributed by atoms with E-state index in [0.29, 0.717) is 33.4 Å². The van der Waals surface area contributed by atoms with Crippen molar-refractivity contribution < 1.29 is 14.3 Å². The molecule has 2 heterocycles. The van der Waals surface area contributed by atoms with Gasteiger partial charge in [0.05, 0.1) is 25.5 Å². The van der Waals surface area contributed by atoms with Gasteiger partial charge in [0.15, 0.2) is 11.4 Å². The minimum atomic E-state index is -0.518. The van der Waals surface area contributed by atoms with Gasteiger partial charge in [0.1, 0.15) is 18.0 Å². The third-order valence-corrected chi connectivity index (χ3v) is 4.83. The lowest BCUT2D eigenvalue weighted by Gasteiger charge is -2.09. The zero-order valence-corrected chi connectivity index (χ0v) is 17.0. The highest BCUT2D eigenvalue weighted by Crippen LogP contribution is 2.25. The minimum absolute atomic E-state index is 0.262. The number of hydrogen-bond acceptors (Lipinski definition) is 6. The summed E-state index contributed by atoms with van der Waals surface area (Å²) in [7, 11) is 2.98. The molecular formula is C21H17ClN4O4. The van der Waals surface area contributed by atoms with Gasteiger partial charge in [-0.2, -0.15) is 9.61 Å². The number of ether oxygens (including phenoxy) is 2. The largest absolute Gasteiger partial charge is 0.497 e. The molecule has 4 rings (SSSR count). The van der Waals surface area contributed by atoms with E-state index in [4.69, 9.17) is 21.1 Å². The third kappa shape index (κ3) is 3.65. The molecule has 2 aromatic heterocycles. The molecule has 0 aliphatic heterocycles. The molecule has 0 saturated heterocycles. The van der Waals surface area contributed by atoms with Crippen molar-refractivity contribution in [3.05, 3.63) is 75.7 Å². The van der Waals surface area contributed by atoms with Gasteiger partial charge >= 0.3 is 5.69 Å². The number of halogens is 1. The second kappa shape index (κ2) is 8.00. The summed E-state index contributed by atoms with van der Waals surface area (Å²) >= 11 is 5.92. The standard InChI is InChI=1S/C21H17ClN4O4/c1-29-15-7-9-19(30-2)16(11-15)18(27)12-25-21(28)26-20(24-25)10-8-17(23-26)13-3-5-14(22)6-4-13/h3-11H,12H2,1-2H3. The van der Waals surface area contributed by atoms with E-state index < -0.39 is 5.69 Å². The van der Waals surface area contributed by atoms with Crippen LogP contribution < -0.4 is 15.2 Å². The van der Waals surface area contributed by atoms with Crippen LogP contribution in [0.2, 0.25) is 5.02 Å². The molecule has 0 radical (unpaired) electrons. The Labute approximate surface area is 176 Å². The number of benzene rings is 2. The summed E-state index contributed by atoms with van der Waals surface area (Å²) in [4.78, 5) is 25.6. The Morgan fingerprint density at radius 1 is 1.00 bits per heavy atom. The Balaban J connectivity index is 1.69. The molecule has 8 nitrogen and oxygen atoms in total. The maximum atomic E-state index is 12.8. The average molecular weight is 425 g/mol. The highest BCUT2D eigenvalue weighted by Gasteiger charge is 2.18. The van der Waals surface area contributed by atoms with E-state index in [1.165, 1.54) is 18.7 Å². The van der Waals surface area contributed by atoms with Crippen LogP contribution in [-0.4, -0.2) is 39.4 Å². The number of nitrogens with zero attached hydrogens (tertiary/aromatic N) is 4. The van der Waals surface area contributed by atoms with Crippen molar-refractivity contribution in [3.63, 3.8) is 0 Å². The van der Waals surface area contributed by atoms with Gasteiger partial charge in [-0.25, -0.2) is 9.48 Å². The summed E-state index contributed by atoms with van der Waals surface area (Å²) in [5, 5.41) is 9.18. The molecule has 0 unspecified atom stereocenters. The van der Waals surface area contributed by atoms with Crippen LogP contribution in [0.3, 0.4) is 0 Å². The van der Waals surface area contributed by atoms with Crippen LogP contribution in [0.1, 0.15) is 10.4 Å². The zero-order chi connectivity index (χ0) is 21.3. The molecule has 2 aromatic carbocycles. The smallest absolute Gasteiger partial charge is 0.367 e. The molecule has 4 aromatic rings. The van der Waals surface area contributed by atoms with E-state index in [2.05, 4.69) is 10.2 Å². The molecule has 0 bridgehead atoms. The Morgan fingerprint density at radius 2 is 1.77 bits per heavy atom. The normalized spacial score (nSPS) is 10.9. The highest BCUT2D eigenvalue weighted by molar-refractivity contribution is 6.30. The van der Waals surface area contributed by atoms with Crippen molar-refractivity contribution in [1.82, 2.24) is 19.4 Å². The Hall–Kier alpha value is -3.65. The van der Waals surface area contributed by atoms with Crippen LogP contribution in [0, 0.1) is 0 Å². The predicted octanol–water partition coefficient (Wildman–Crippen LogP) is 3.11. The number of Topliss-reactive ketones (excluding diaryl/α,β-unsaturated/α-hetero) is 1. The van der Waals surface area contributed by atoms with Crippen molar-refractivity contribution in [1.29, 1.82) is 0 Å². The van der Waals surface area contributed by atoms with Crippen LogP contribution in [0.4, 0.5) is 0 Å². The molecule has 0 atom stereocenters. The summed E-state index contributed by atoms with van der Waals surface area (Å²) < 4.78 is 12.7. The number of ketones is 1. The summed E-state index contributed by atoms with van der Waals surface area (Å²) in [6.07, 6.45) is 0. The van der Waals surface area contributed by atoms with Gasteiger partial charge in [-0.15, -0.1) is 5.10 Å². The molecule has 0 aliphatic carbocycles. The van der Waals surface area contributed by atoms with Gasteiger partial charge in [-0.05, 0) is 42.5 Å². The SMILES string of the molecule is COc1ccc(OC)c(C(=O)Cn2nc3ccc(-c4ccc(Cl)cc4)nn3c2=O)c1. The molecule has 9 heteroatoms. The summed E-state index contributed by atoms with van der Waals surface area (Å²) in [6.45, 7) is -0.262. The van der Waals surface area contributed by atoms with Crippen molar-refractivity contribution in [2.45, 2.75) is 6.54 Å². The number of methoxy groups -OCH3 is 2. The number of carbonyl (C=O) groups excluding carboxylic acids is 1. The van der Waals surface area contributed by atoms with Gasteiger partial charge in [-0.3, -0.25) is 4.79 Å². The van der Waals surface area contributed by atoms with Crippen LogP contribution in [-0.2, 0) is 6.54 Å².